The number of hydrogen-bond acceptors (Lipinski definition) is 20. The van der Waals surface area contributed by atoms with E-state index in [0.29, 0.717) is 0 Å². The first kappa shape index (κ1) is 30.7. The van der Waals surface area contributed by atoms with Gasteiger partial charge in [0.1, 0.15) is 0 Å². The summed E-state index contributed by atoms with van der Waals surface area (Å²) in [5, 5.41) is 0. The van der Waals surface area contributed by atoms with Gasteiger partial charge in [-0.3, -0.25) is 0 Å². The summed E-state index contributed by atoms with van der Waals surface area (Å²) in [7, 11) is 0. The van der Waals surface area contributed by atoms with Crippen molar-refractivity contribution in [2.24, 2.45) is 0 Å². The molecule has 176 valence electrons. The number of hydrogen-bond donors (Lipinski definition) is 2. The molecule has 0 unspecified atom stereocenters. The molecule has 0 heterocycles. The van der Waals surface area contributed by atoms with Crippen LogP contribution in [0.15, 0.2) is 0 Å². The Labute approximate surface area is 181 Å². The van der Waals surface area contributed by atoms with Crippen LogP contribution in [0.4, 0.5) is 0 Å². The molecule has 0 aromatic carbocycles. The maximum absolute atomic E-state index is 11.2. The zero-order valence-electron chi connectivity index (χ0n) is 11.9. The topological polar surface area (TPSA) is 335 Å². The molecule has 29 heavy (non-hydrogen) atoms. The molecule has 0 saturated carbocycles. The average Bonchev–Trinajstić information content (AvgIpc) is 2.10. The predicted molar refractivity (Wildman–Crippen MR) is 20.6 cm³/mol. The van der Waals surface area contributed by atoms with Crippen LogP contribution >= 0.6 is 0 Å². The van der Waals surface area contributed by atoms with Gasteiger partial charge in [-0.2, -0.15) is 0 Å². The van der Waals surface area contributed by atoms with E-state index >= 15 is 0 Å². The Hall–Kier alpha value is 1.70. The van der Waals surface area contributed by atoms with Gasteiger partial charge in [0, 0.05) is 0 Å². The van der Waals surface area contributed by atoms with Crippen LogP contribution < -0.4 is 0 Å². The first-order valence-corrected chi connectivity index (χ1v) is 27.8. The second kappa shape index (κ2) is 9.90. The molecule has 0 atom stereocenters. The summed E-state index contributed by atoms with van der Waals surface area (Å²) < 4.78 is 186. The SMILES string of the molecule is [O]=[Mo](=[O])([OH])[O][Mo](=[O])(=[O])[O][Mo](=[O])(=[O])[O][Mo](=[O])(=[O])[O][Mo](=[O])(=[O])[O][Mo](=[O])(=[O])[O][Mo](=[O])(=[O])[OH]. The Bertz CT molecular complexity index is 1250. The van der Waals surface area contributed by atoms with Crippen molar-refractivity contribution >= 4 is 0 Å². The first-order valence-electron chi connectivity index (χ1n) is 4.70. The van der Waals surface area contributed by atoms with Crippen molar-refractivity contribution in [3.63, 3.8) is 0 Å². The van der Waals surface area contributed by atoms with Crippen molar-refractivity contribution in [1.29, 1.82) is 0 Å². The quantitative estimate of drug-likeness (QED) is 0.182. The molecule has 0 aromatic heterocycles. The zero-order chi connectivity index (χ0) is 23.7. The van der Waals surface area contributed by atoms with E-state index in [1.54, 1.807) is 0 Å². The Balaban J connectivity index is 5.53. The molecule has 0 fully saturated rings. The zero-order valence-corrected chi connectivity index (χ0v) is 26.0. The van der Waals surface area contributed by atoms with Crippen LogP contribution in [-0.2, 0) is 177 Å². The molecule has 0 aliphatic rings. The molecule has 0 saturated heterocycles. The summed E-state index contributed by atoms with van der Waals surface area (Å²) >= 11 is -51.8. The number of rotatable bonds is 12. The van der Waals surface area contributed by atoms with Gasteiger partial charge in [-0.15, -0.1) is 0 Å². The van der Waals surface area contributed by atoms with Gasteiger partial charge in [0.2, 0.25) is 0 Å². The van der Waals surface area contributed by atoms with E-state index in [9.17, 15) is 47.6 Å². The van der Waals surface area contributed by atoms with E-state index in [-0.39, 0.29) is 0 Å². The molecule has 0 radical (unpaired) electrons. The molecular weight excluding hydrogens is 1020 g/mol. The van der Waals surface area contributed by atoms with Crippen LogP contribution in [0.1, 0.15) is 0 Å². The standard InChI is InChI=1S/7Mo.2H2O.20O/h;;;;;;;2*1H2;;;;;;;;;;;;;;;;;;;;/q;;;;;2*+1;;;;;;;;;;;;;;;;;;;;;;/p-2. The average molecular weight is 1030 g/mol. The summed E-state index contributed by atoms with van der Waals surface area (Å²) in [4.78, 5) is 0. The van der Waals surface area contributed by atoms with Gasteiger partial charge in [0.05, 0.1) is 0 Å². The van der Waals surface area contributed by atoms with Crippen LogP contribution in [0.25, 0.3) is 0 Å². The Kier molecular flexibility index (Phi) is 10.5. The van der Waals surface area contributed by atoms with Crippen molar-refractivity contribution in [3.05, 3.63) is 0 Å². The molecule has 22 nitrogen and oxygen atoms in total. The van der Waals surface area contributed by atoms with Crippen LogP contribution in [0.3, 0.4) is 0 Å². The van der Waals surface area contributed by atoms with Gasteiger partial charge in [0.15, 0.2) is 0 Å². The van der Waals surface area contributed by atoms with Gasteiger partial charge in [0.25, 0.3) is 0 Å². The van der Waals surface area contributed by atoms with E-state index in [0.717, 1.165) is 0 Å². The third-order valence-corrected chi connectivity index (χ3v) is 35.2. The van der Waals surface area contributed by atoms with Crippen LogP contribution in [0, 0.1) is 0 Å². The van der Waals surface area contributed by atoms with Crippen LogP contribution in [-0.4, -0.2) is 7.52 Å². The van der Waals surface area contributed by atoms with E-state index in [1.165, 1.54) is 0 Å². The molecule has 2 N–H and O–H groups in total. The van der Waals surface area contributed by atoms with E-state index in [2.05, 4.69) is 12.3 Å². The molecule has 0 bridgehead atoms. The summed E-state index contributed by atoms with van der Waals surface area (Å²) in [6, 6.07) is 0. The van der Waals surface area contributed by atoms with Gasteiger partial charge in [-0.05, 0) is 0 Å². The second-order valence-corrected chi connectivity index (χ2v) is 31.4. The van der Waals surface area contributed by atoms with Gasteiger partial charge in [-0.25, -0.2) is 0 Å². The Morgan fingerprint density at radius 2 is 0.448 bits per heavy atom. The molecule has 0 rings (SSSR count). The maximum atomic E-state index is 11.2. The van der Waals surface area contributed by atoms with Crippen molar-refractivity contribution in [3.8, 4) is 0 Å². The van der Waals surface area contributed by atoms with Gasteiger partial charge in [-0.1, -0.05) is 0 Å². The summed E-state index contributed by atoms with van der Waals surface area (Å²) in [6.07, 6.45) is 0. The monoisotopic (exact) mass is 1040 g/mol. The van der Waals surface area contributed by atoms with Crippen molar-refractivity contribution in [2.45, 2.75) is 0 Å². The molecule has 0 aliphatic carbocycles. The van der Waals surface area contributed by atoms with Crippen LogP contribution in [0.5, 0.6) is 0 Å². The molecular formula is H2Mo7O22. The summed E-state index contributed by atoms with van der Waals surface area (Å²) in [5.74, 6) is 0. The van der Waals surface area contributed by atoms with Crippen molar-refractivity contribution in [1.82, 2.24) is 0 Å². The minimum absolute atomic E-state index is 2.92. The summed E-state index contributed by atoms with van der Waals surface area (Å²) in [6.45, 7) is 0. The second-order valence-electron chi connectivity index (χ2n) is 3.30. The summed E-state index contributed by atoms with van der Waals surface area (Å²) in [5.41, 5.74) is 0. The van der Waals surface area contributed by atoms with Crippen molar-refractivity contribution in [2.75, 3.05) is 0 Å². The van der Waals surface area contributed by atoms with Gasteiger partial charge >= 0.3 is 185 Å². The van der Waals surface area contributed by atoms with E-state index in [1.807, 2.05) is 0 Å². The fourth-order valence-corrected chi connectivity index (χ4v) is 33.4. The van der Waals surface area contributed by atoms with Gasteiger partial charge < -0.3 is 0 Å². The normalized spacial score (nSPS) is 15.2. The first-order chi connectivity index (χ1) is 12.2. The fourth-order valence-electron chi connectivity index (χ4n) is 0.676. The third kappa shape index (κ3) is 16.0. The molecule has 0 aromatic rings. The van der Waals surface area contributed by atoms with Crippen LogP contribution in [0.2, 0.25) is 0 Å². The van der Waals surface area contributed by atoms with Crippen molar-refractivity contribution < 1.29 is 185 Å². The third-order valence-electron chi connectivity index (χ3n) is 1.01. The Morgan fingerprint density at radius 1 is 0.310 bits per heavy atom. The fraction of sp³-hybridized carbons (Fsp3) is 0. The van der Waals surface area contributed by atoms with E-state index in [4.69, 9.17) is 7.52 Å². The molecule has 29 heteroatoms. The minimum atomic E-state index is -7.74. The molecule has 0 amide bonds. The Morgan fingerprint density at radius 3 is 0.586 bits per heavy atom. The predicted octanol–water partition coefficient (Wildman–Crippen LogP) is -3.21. The molecule has 0 spiro atoms. The van der Waals surface area contributed by atoms with E-state index < -0.39 is 117 Å². The molecule has 0 aliphatic heterocycles.